The molecule has 1 aliphatic heterocycles. The predicted octanol–water partition coefficient (Wildman–Crippen LogP) is 2.99. The van der Waals surface area contributed by atoms with E-state index in [1.165, 1.54) is 0 Å². The van der Waals surface area contributed by atoms with Crippen LogP contribution in [0.5, 0.6) is 0 Å². The molecule has 2 aromatic carbocycles. The summed E-state index contributed by atoms with van der Waals surface area (Å²) in [7, 11) is 0. The number of aryl methyl sites for hydroxylation is 1. The maximum absolute atomic E-state index is 12.7. The minimum absolute atomic E-state index is 0.0454. The van der Waals surface area contributed by atoms with E-state index in [2.05, 4.69) is 4.98 Å². The van der Waals surface area contributed by atoms with Gasteiger partial charge >= 0.3 is 0 Å². The fourth-order valence-electron chi connectivity index (χ4n) is 3.44. The van der Waals surface area contributed by atoms with E-state index in [0.717, 1.165) is 37.1 Å². The molecule has 2 heterocycles. The first-order chi connectivity index (χ1) is 12.6. The molecule has 0 bridgehead atoms. The van der Waals surface area contributed by atoms with Crippen molar-refractivity contribution in [3.05, 3.63) is 75.8 Å². The van der Waals surface area contributed by atoms with E-state index in [9.17, 15) is 9.59 Å². The number of carbonyl (C=O) groups is 1. The Balaban J connectivity index is 1.57. The van der Waals surface area contributed by atoms with Crippen LogP contribution in [0.4, 0.5) is 0 Å². The molecule has 0 saturated carbocycles. The summed E-state index contributed by atoms with van der Waals surface area (Å²) in [5, 5.41) is 0.633. The Morgan fingerprint density at radius 3 is 2.54 bits per heavy atom. The molecule has 4 rings (SSSR count). The van der Waals surface area contributed by atoms with Crippen LogP contribution in [0, 0.1) is 6.92 Å². The molecule has 0 spiro atoms. The zero-order valence-corrected chi connectivity index (χ0v) is 14.8. The van der Waals surface area contributed by atoms with Gasteiger partial charge in [0.25, 0.3) is 11.5 Å². The van der Waals surface area contributed by atoms with E-state index in [1.54, 1.807) is 10.9 Å². The summed E-state index contributed by atoms with van der Waals surface area (Å²) in [6.07, 6.45) is 3.76. The number of nitrogens with zero attached hydrogens (tertiary/aromatic N) is 3. The van der Waals surface area contributed by atoms with Gasteiger partial charge in [-0.25, -0.2) is 4.98 Å². The van der Waals surface area contributed by atoms with Gasteiger partial charge in [0.05, 0.1) is 23.8 Å². The minimum atomic E-state index is -0.0454. The summed E-state index contributed by atoms with van der Waals surface area (Å²) < 4.78 is 1.61. The van der Waals surface area contributed by atoms with Crippen LogP contribution in [0.15, 0.2) is 53.6 Å². The Morgan fingerprint density at radius 2 is 1.81 bits per heavy atom. The lowest BCUT2D eigenvalue weighted by Crippen LogP contribution is -2.27. The lowest BCUT2D eigenvalue weighted by molar-refractivity contribution is 0.0793. The number of benzene rings is 2. The van der Waals surface area contributed by atoms with Crippen molar-refractivity contribution in [2.24, 2.45) is 0 Å². The van der Waals surface area contributed by atoms with Crippen molar-refractivity contribution in [3.8, 4) is 0 Å². The standard InChI is InChI=1S/C21H21N3O2/c1-15-4-9-19-18(12-15)21(26)24(14-22-19)13-16-5-7-17(8-6-16)20(25)23-10-2-3-11-23/h4-9,12,14H,2-3,10-11,13H2,1H3. The van der Waals surface area contributed by atoms with E-state index >= 15 is 0 Å². The highest BCUT2D eigenvalue weighted by molar-refractivity contribution is 5.94. The minimum Gasteiger partial charge on any atom is -0.339 e. The van der Waals surface area contributed by atoms with Crippen molar-refractivity contribution in [2.45, 2.75) is 26.3 Å². The van der Waals surface area contributed by atoms with Gasteiger partial charge in [-0.2, -0.15) is 0 Å². The fourth-order valence-corrected chi connectivity index (χ4v) is 3.44. The molecule has 1 saturated heterocycles. The van der Waals surface area contributed by atoms with Gasteiger partial charge in [-0.3, -0.25) is 14.2 Å². The van der Waals surface area contributed by atoms with E-state index in [1.807, 2.05) is 54.3 Å². The quantitative estimate of drug-likeness (QED) is 0.732. The Labute approximate surface area is 151 Å². The lowest BCUT2D eigenvalue weighted by Gasteiger charge is -2.15. The van der Waals surface area contributed by atoms with Crippen molar-refractivity contribution >= 4 is 16.8 Å². The van der Waals surface area contributed by atoms with Crippen molar-refractivity contribution < 1.29 is 4.79 Å². The third-order valence-electron chi connectivity index (χ3n) is 4.93. The molecule has 5 nitrogen and oxygen atoms in total. The molecule has 5 heteroatoms. The topological polar surface area (TPSA) is 55.2 Å². The van der Waals surface area contributed by atoms with Crippen LogP contribution in [-0.2, 0) is 6.54 Å². The number of hydrogen-bond acceptors (Lipinski definition) is 3. The molecule has 1 aromatic heterocycles. The summed E-state index contributed by atoms with van der Waals surface area (Å²) in [5.74, 6) is 0.0917. The van der Waals surface area contributed by atoms with Crippen LogP contribution in [0.2, 0.25) is 0 Å². The molecule has 0 atom stereocenters. The maximum Gasteiger partial charge on any atom is 0.261 e. The SMILES string of the molecule is Cc1ccc2ncn(Cc3ccc(C(=O)N4CCCC4)cc3)c(=O)c2c1. The third kappa shape index (κ3) is 3.12. The number of fused-ring (bicyclic) bond motifs is 1. The van der Waals surface area contributed by atoms with Crippen molar-refractivity contribution in [1.82, 2.24) is 14.5 Å². The number of likely N-dealkylation sites (tertiary alicyclic amines) is 1. The molecule has 1 aliphatic rings. The summed E-state index contributed by atoms with van der Waals surface area (Å²) in [4.78, 5) is 31.4. The smallest absolute Gasteiger partial charge is 0.261 e. The number of carbonyl (C=O) groups excluding carboxylic acids is 1. The highest BCUT2D eigenvalue weighted by Crippen LogP contribution is 2.14. The van der Waals surface area contributed by atoms with Crippen molar-refractivity contribution in [2.75, 3.05) is 13.1 Å². The highest BCUT2D eigenvalue weighted by Gasteiger charge is 2.19. The van der Waals surface area contributed by atoms with Crippen LogP contribution < -0.4 is 5.56 Å². The predicted molar refractivity (Wildman–Crippen MR) is 101 cm³/mol. The second-order valence-corrected chi connectivity index (χ2v) is 6.89. The largest absolute Gasteiger partial charge is 0.339 e. The average Bonchev–Trinajstić information content (AvgIpc) is 3.19. The Bertz CT molecular complexity index is 1020. The number of amides is 1. The summed E-state index contributed by atoms with van der Waals surface area (Å²) >= 11 is 0. The molecule has 1 amide bonds. The van der Waals surface area contributed by atoms with Crippen LogP contribution >= 0.6 is 0 Å². The normalized spacial score (nSPS) is 14.1. The van der Waals surface area contributed by atoms with Crippen LogP contribution in [0.3, 0.4) is 0 Å². The molecule has 132 valence electrons. The first-order valence-electron chi connectivity index (χ1n) is 8.96. The zero-order chi connectivity index (χ0) is 18.1. The van der Waals surface area contributed by atoms with Gasteiger partial charge in [-0.1, -0.05) is 23.8 Å². The van der Waals surface area contributed by atoms with E-state index in [-0.39, 0.29) is 11.5 Å². The zero-order valence-electron chi connectivity index (χ0n) is 14.8. The molecule has 26 heavy (non-hydrogen) atoms. The average molecular weight is 347 g/mol. The third-order valence-corrected chi connectivity index (χ3v) is 4.93. The van der Waals surface area contributed by atoms with E-state index < -0.39 is 0 Å². The molecule has 0 aliphatic carbocycles. The molecular weight excluding hydrogens is 326 g/mol. The van der Waals surface area contributed by atoms with Gasteiger partial charge in [0.15, 0.2) is 0 Å². The molecule has 0 radical (unpaired) electrons. The number of hydrogen-bond donors (Lipinski definition) is 0. The highest BCUT2D eigenvalue weighted by atomic mass is 16.2. The lowest BCUT2D eigenvalue weighted by atomic mass is 10.1. The van der Waals surface area contributed by atoms with Gasteiger partial charge in [0.2, 0.25) is 0 Å². The van der Waals surface area contributed by atoms with Crippen LogP contribution in [-0.4, -0.2) is 33.4 Å². The summed E-state index contributed by atoms with van der Waals surface area (Å²) in [6, 6.07) is 13.2. The fraction of sp³-hybridized carbons (Fsp3) is 0.286. The monoisotopic (exact) mass is 347 g/mol. The van der Waals surface area contributed by atoms with Crippen LogP contribution in [0.25, 0.3) is 10.9 Å². The van der Waals surface area contributed by atoms with E-state index in [0.29, 0.717) is 23.0 Å². The Morgan fingerprint density at radius 1 is 1.08 bits per heavy atom. The maximum atomic E-state index is 12.7. The van der Waals surface area contributed by atoms with Gasteiger partial charge in [-0.05, 0) is 49.6 Å². The van der Waals surface area contributed by atoms with Gasteiger partial charge < -0.3 is 4.90 Å². The number of aromatic nitrogens is 2. The van der Waals surface area contributed by atoms with E-state index in [4.69, 9.17) is 0 Å². The molecule has 0 unspecified atom stereocenters. The Hall–Kier alpha value is -2.95. The first kappa shape index (κ1) is 16.5. The van der Waals surface area contributed by atoms with Crippen molar-refractivity contribution in [1.29, 1.82) is 0 Å². The van der Waals surface area contributed by atoms with Gasteiger partial charge in [0.1, 0.15) is 0 Å². The molecule has 0 N–H and O–H groups in total. The summed E-state index contributed by atoms with van der Waals surface area (Å²) in [5.41, 5.74) is 3.38. The van der Waals surface area contributed by atoms with Crippen LogP contribution in [0.1, 0.15) is 34.3 Å². The van der Waals surface area contributed by atoms with Crippen molar-refractivity contribution in [3.63, 3.8) is 0 Å². The second kappa shape index (κ2) is 6.75. The summed E-state index contributed by atoms with van der Waals surface area (Å²) in [6.45, 7) is 4.09. The molecule has 3 aromatic rings. The number of rotatable bonds is 3. The second-order valence-electron chi connectivity index (χ2n) is 6.89. The first-order valence-corrected chi connectivity index (χ1v) is 8.96. The molecule has 1 fully saturated rings. The van der Waals surface area contributed by atoms with Gasteiger partial charge in [0, 0.05) is 18.7 Å². The Kier molecular flexibility index (Phi) is 4.29. The van der Waals surface area contributed by atoms with Gasteiger partial charge in [-0.15, -0.1) is 0 Å². The molecular formula is C21H21N3O2.